The van der Waals surface area contributed by atoms with Gasteiger partial charge in [0.25, 0.3) is 0 Å². The largest absolute Gasteiger partial charge is 0.394 e. The highest BCUT2D eigenvalue weighted by molar-refractivity contribution is 5.76. The van der Waals surface area contributed by atoms with Crippen LogP contribution in [0.1, 0.15) is 226 Å². The van der Waals surface area contributed by atoms with Crippen molar-refractivity contribution in [2.45, 2.75) is 299 Å². The molecule has 0 radical (unpaired) electrons. The van der Waals surface area contributed by atoms with Gasteiger partial charge in [-0.1, -0.05) is 239 Å². The van der Waals surface area contributed by atoms with Gasteiger partial charge in [0.05, 0.1) is 32.0 Å². The zero-order chi connectivity index (χ0) is 58.8. The summed E-state index contributed by atoms with van der Waals surface area (Å²) in [5.74, 6) is -0.254. The molecule has 2 rings (SSSR count). The van der Waals surface area contributed by atoms with Crippen molar-refractivity contribution in [1.82, 2.24) is 5.32 Å². The number of amides is 1. The molecule has 0 spiro atoms. The highest BCUT2D eigenvalue weighted by Crippen LogP contribution is 2.30. The van der Waals surface area contributed by atoms with E-state index in [1.54, 1.807) is 6.08 Å². The van der Waals surface area contributed by atoms with Gasteiger partial charge in [-0.25, -0.2) is 0 Å². The van der Waals surface area contributed by atoms with Crippen LogP contribution in [0.2, 0.25) is 0 Å². The maximum absolute atomic E-state index is 13.2. The lowest BCUT2D eigenvalue weighted by molar-refractivity contribution is -0.359. The molecule has 0 bridgehead atoms. The van der Waals surface area contributed by atoms with Crippen LogP contribution in [0.15, 0.2) is 97.2 Å². The summed E-state index contributed by atoms with van der Waals surface area (Å²) in [5.41, 5.74) is 0. The Kier molecular flexibility index (Phi) is 46.9. The van der Waals surface area contributed by atoms with Crippen molar-refractivity contribution in [3.63, 3.8) is 0 Å². The molecule has 0 aromatic heterocycles. The predicted molar refractivity (Wildman–Crippen MR) is 327 cm³/mol. The van der Waals surface area contributed by atoms with E-state index in [0.717, 1.165) is 83.5 Å². The molecule has 14 heteroatoms. The number of carbonyl (C=O) groups excluding carboxylic acids is 1. The van der Waals surface area contributed by atoms with Crippen LogP contribution < -0.4 is 5.32 Å². The van der Waals surface area contributed by atoms with Gasteiger partial charge in [0, 0.05) is 6.42 Å². The Balaban J connectivity index is 1.53. The van der Waals surface area contributed by atoms with Crippen molar-refractivity contribution >= 4 is 5.91 Å². The SMILES string of the molecule is CC/C=C\C/C=C\C/C=C\C/C=C\C/C=C\C/C=C\CCCCCCCCCCCCCCCCCCCCCCC(=O)NC(COC1OC(CO)C(OC2OC(CO)C(O)C(O)C2O)C(O)C1O)C(O)/C=C/CC/C=C/CCCC. The number of rotatable bonds is 50. The first-order valence-corrected chi connectivity index (χ1v) is 32.0. The van der Waals surface area contributed by atoms with Gasteiger partial charge in [0.15, 0.2) is 12.6 Å². The lowest BCUT2D eigenvalue weighted by atomic mass is 9.97. The van der Waals surface area contributed by atoms with E-state index < -0.39 is 86.8 Å². The molecule has 0 aromatic rings. The molecular weight excluding hydrogens is 1030 g/mol. The standard InChI is InChI=1S/C67H115NO13/c1-3-5-7-9-11-13-14-15-16-17-18-19-20-21-22-23-24-25-26-27-28-29-30-31-32-33-34-35-36-37-38-39-40-41-42-43-45-47-49-51-59(72)68-55(56(71)50-48-46-44-12-10-8-6-4-2)54-78-66-64(77)62(75)65(58(53-70)80-66)81-67-63(76)61(74)60(73)57(52-69)79-67/h5,7,10-13,15-16,18-19,21-22,24-25,48,50,55-58,60-67,69-71,73-77H,3-4,6,8-9,14,17,20,23,26-47,49,51-54H2,1-2H3,(H,68,72)/b7-5-,12-10+,13-11-,16-15-,19-18-,22-21-,25-24-,50-48+. The van der Waals surface area contributed by atoms with Crippen molar-refractivity contribution in [3.05, 3.63) is 97.2 Å². The summed E-state index contributed by atoms with van der Waals surface area (Å²) < 4.78 is 22.7. The highest BCUT2D eigenvalue weighted by Gasteiger charge is 2.51. The van der Waals surface area contributed by atoms with Crippen LogP contribution in [0.4, 0.5) is 0 Å². The molecule has 2 heterocycles. The van der Waals surface area contributed by atoms with Crippen molar-refractivity contribution in [2.24, 2.45) is 0 Å². The summed E-state index contributed by atoms with van der Waals surface area (Å²) in [7, 11) is 0. The topological polar surface area (TPSA) is 228 Å². The maximum Gasteiger partial charge on any atom is 0.220 e. The molecular formula is C67H115NO13. The summed E-state index contributed by atoms with van der Waals surface area (Å²) in [6.07, 6.45) is 55.2. The number of hydrogen-bond donors (Lipinski definition) is 9. The van der Waals surface area contributed by atoms with Crippen LogP contribution in [0.3, 0.4) is 0 Å². The Morgan fingerprint density at radius 3 is 1.36 bits per heavy atom. The third-order valence-corrected chi connectivity index (χ3v) is 15.0. The third kappa shape index (κ3) is 36.4. The summed E-state index contributed by atoms with van der Waals surface area (Å²) in [6.45, 7) is 2.57. The minimum atomic E-state index is -1.79. The number of ether oxygens (including phenoxy) is 4. The van der Waals surface area contributed by atoms with E-state index in [4.69, 9.17) is 18.9 Å². The molecule has 81 heavy (non-hydrogen) atoms. The quantitative estimate of drug-likeness (QED) is 0.0204. The summed E-state index contributed by atoms with van der Waals surface area (Å²) in [4.78, 5) is 13.2. The van der Waals surface area contributed by atoms with Crippen molar-refractivity contribution in [1.29, 1.82) is 0 Å². The fraction of sp³-hybridized carbons (Fsp3) is 0.746. The summed E-state index contributed by atoms with van der Waals surface area (Å²) >= 11 is 0. The molecule has 2 saturated heterocycles. The summed E-state index contributed by atoms with van der Waals surface area (Å²) in [6, 6.07) is -0.931. The number of unbranched alkanes of at least 4 members (excludes halogenated alkanes) is 23. The smallest absolute Gasteiger partial charge is 0.220 e. The molecule has 1 amide bonds. The first kappa shape index (κ1) is 74.0. The van der Waals surface area contributed by atoms with E-state index in [1.165, 1.54) is 109 Å². The van der Waals surface area contributed by atoms with Gasteiger partial charge in [0.1, 0.15) is 48.8 Å². The van der Waals surface area contributed by atoms with E-state index in [0.29, 0.717) is 12.8 Å². The minimum absolute atomic E-state index is 0.254. The monoisotopic (exact) mass is 1140 g/mol. The predicted octanol–water partition coefficient (Wildman–Crippen LogP) is 11.8. The number of aliphatic hydroxyl groups excluding tert-OH is 8. The Hall–Kier alpha value is -3.09. The van der Waals surface area contributed by atoms with Gasteiger partial charge in [-0.2, -0.15) is 0 Å². The van der Waals surface area contributed by atoms with Crippen LogP contribution in [0, 0.1) is 0 Å². The lowest BCUT2D eigenvalue weighted by Gasteiger charge is -2.46. The molecule has 2 aliphatic rings. The van der Waals surface area contributed by atoms with Crippen LogP contribution >= 0.6 is 0 Å². The molecule has 12 unspecified atom stereocenters. The zero-order valence-electron chi connectivity index (χ0n) is 50.2. The van der Waals surface area contributed by atoms with Crippen LogP contribution in [-0.2, 0) is 23.7 Å². The molecule has 0 aliphatic carbocycles. The average Bonchev–Trinajstić information content (AvgIpc) is 3.51. The van der Waals surface area contributed by atoms with E-state index in [2.05, 4.69) is 104 Å². The Morgan fingerprint density at radius 1 is 0.457 bits per heavy atom. The Labute approximate surface area is 490 Å². The highest BCUT2D eigenvalue weighted by atomic mass is 16.7. The van der Waals surface area contributed by atoms with Crippen molar-refractivity contribution in [2.75, 3.05) is 19.8 Å². The number of aliphatic hydroxyl groups is 8. The second-order valence-electron chi connectivity index (χ2n) is 22.1. The maximum atomic E-state index is 13.2. The van der Waals surface area contributed by atoms with Crippen LogP contribution in [-0.4, -0.2) is 140 Å². The van der Waals surface area contributed by atoms with E-state index in [-0.39, 0.29) is 18.9 Å². The normalized spacial score (nSPS) is 24.8. The second kappa shape index (κ2) is 51.3. The number of hydrogen-bond acceptors (Lipinski definition) is 13. The van der Waals surface area contributed by atoms with Gasteiger partial charge in [-0.3, -0.25) is 4.79 Å². The molecule has 9 N–H and O–H groups in total. The lowest BCUT2D eigenvalue weighted by Crippen LogP contribution is -2.65. The fourth-order valence-corrected chi connectivity index (χ4v) is 9.89. The van der Waals surface area contributed by atoms with Crippen LogP contribution in [0.25, 0.3) is 0 Å². The molecule has 2 fully saturated rings. The molecule has 12 atom stereocenters. The fourth-order valence-electron chi connectivity index (χ4n) is 9.89. The third-order valence-electron chi connectivity index (χ3n) is 15.0. The van der Waals surface area contributed by atoms with E-state index in [9.17, 15) is 45.6 Å². The number of nitrogens with one attached hydrogen (secondary N) is 1. The molecule has 0 saturated carbocycles. The molecule has 0 aromatic carbocycles. The van der Waals surface area contributed by atoms with E-state index >= 15 is 0 Å². The number of carbonyl (C=O) groups is 1. The molecule has 466 valence electrons. The van der Waals surface area contributed by atoms with Gasteiger partial charge in [0.2, 0.25) is 5.91 Å². The average molecular weight is 1140 g/mol. The molecule has 2 aliphatic heterocycles. The summed E-state index contributed by atoms with van der Waals surface area (Å²) in [5, 5.41) is 86.7. The Bertz CT molecular complexity index is 1730. The van der Waals surface area contributed by atoms with Gasteiger partial charge in [-0.15, -0.1) is 0 Å². The van der Waals surface area contributed by atoms with Gasteiger partial charge < -0.3 is 65.1 Å². The minimum Gasteiger partial charge on any atom is -0.394 e. The first-order valence-electron chi connectivity index (χ1n) is 32.0. The second-order valence-corrected chi connectivity index (χ2v) is 22.1. The van der Waals surface area contributed by atoms with Gasteiger partial charge >= 0.3 is 0 Å². The first-order chi connectivity index (χ1) is 39.6. The van der Waals surface area contributed by atoms with E-state index in [1.807, 2.05) is 6.08 Å². The zero-order valence-corrected chi connectivity index (χ0v) is 50.2. The van der Waals surface area contributed by atoms with Gasteiger partial charge in [-0.05, 0) is 77.0 Å². The Morgan fingerprint density at radius 2 is 0.864 bits per heavy atom. The van der Waals surface area contributed by atoms with Crippen molar-refractivity contribution < 1.29 is 64.6 Å². The number of allylic oxidation sites excluding steroid dienone is 15. The molecule has 14 nitrogen and oxygen atoms in total. The van der Waals surface area contributed by atoms with Crippen LogP contribution in [0.5, 0.6) is 0 Å². The van der Waals surface area contributed by atoms with Crippen molar-refractivity contribution in [3.8, 4) is 0 Å².